The maximum Gasteiger partial charge on any atom is 0.297 e. The van der Waals surface area contributed by atoms with Crippen molar-refractivity contribution < 1.29 is 12.6 Å². The third-order valence-corrected chi connectivity index (χ3v) is 6.13. The number of hydrogen-bond acceptors (Lipinski definition) is 3. The Morgan fingerprint density at radius 1 is 0.741 bits per heavy atom. The van der Waals surface area contributed by atoms with Crippen molar-refractivity contribution in [2.75, 3.05) is 6.61 Å². The second-order valence-corrected chi connectivity index (χ2v) is 8.52. The summed E-state index contributed by atoms with van der Waals surface area (Å²) in [7, 11) is -3.70. The summed E-state index contributed by atoms with van der Waals surface area (Å²) < 4.78 is 30.2. The molecule has 1 radical (unpaired) electrons. The van der Waals surface area contributed by atoms with Crippen molar-refractivity contribution in [1.29, 1.82) is 0 Å². The molecule has 3 nitrogen and oxygen atoms in total. The van der Waals surface area contributed by atoms with Gasteiger partial charge in [0.1, 0.15) is 4.90 Å². The van der Waals surface area contributed by atoms with E-state index in [0.717, 1.165) is 30.0 Å². The van der Waals surface area contributed by atoms with E-state index in [1.165, 1.54) is 44.9 Å². The molecule has 0 aliphatic rings. The molecule has 2 aromatic carbocycles. The average molecular weight is 384 g/mol. The molecule has 2 rings (SSSR count). The number of hydrogen-bond donors (Lipinski definition) is 0. The van der Waals surface area contributed by atoms with Crippen LogP contribution < -0.4 is 0 Å². The Kier molecular flexibility index (Phi) is 12.0. The van der Waals surface area contributed by atoms with E-state index in [4.69, 9.17) is 4.18 Å². The molecular weight excluding hydrogens is 351 g/mol. The van der Waals surface area contributed by atoms with Gasteiger partial charge in [0, 0.05) is 24.2 Å². The molecule has 0 aliphatic carbocycles. The third kappa shape index (κ3) is 8.40. The summed E-state index contributed by atoms with van der Waals surface area (Å²) in [5.74, 6) is 0. The molecule has 0 atom stereocenters. The molecule has 0 aliphatic heterocycles. The van der Waals surface area contributed by atoms with Gasteiger partial charge < -0.3 is 0 Å². The van der Waals surface area contributed by atoms with Crippen LogP contribution in [0.4, 0.5) is 0 Å². The van der Waals surface area contributed by atoms with Gasteiger partial charge >= 0.3 is 0 Å². The summed E-state index contributed by atoms with van der Waals surface area (Å²) in [5.41, 5.74) is 0. The zero-order valence-electron chi connectivity index (χ0n) is 17.0. The van der Waals surface area contributed by atoms with Crippen LogP contribution in [0.1, 0.15) is 71.1 Å². The first kappa shape index (κ1) is 24.2. The maximum absolute atomic E-state index is 12.5. The van der Waals surface area contributed by atoms with Gasteiger partial charge in [0.2, 0.25) is 0 Å². The van der Waals surface area contributed by atoms with Crippen LogP contribution in [0.2, 0.25) is 0 Å². The van der Waals surface area contributed by atoms with E-state index in [9.17, 15) is 8.42 Å². The van der Waals surface area contributed by atoms with Crippen LogP contribution in [0.15, 0.2) is 47.4 Å². The first-order chi connectivity index (χ1) is 12.6. The van der Waals surface area contributed by atoms with E-state index in [-0.39, 0.29) is 30.4 Å². The Balaban J connectivity index is 0.00000364. The molecule has 0 amide bonds. The fraction of sp³-hybridized carbons (Fsp3) is 0.545. The Morgan fingerprint density at radius 2 is 1.30 bits per heavy atom. The van der Waals surface area contributed by atoms with Gasteiger partial charge in [0.25, 0.3) is 10.1 Å². The Bertz CT molecular complexity index is 754. The fourth-order valence-electron chi connectivity index (χ4n) is 3.24. The second-order valence-electron chi connectivity index (χ2n) is 6.94. The minimum absolute atomic E-state index is 0. The van der Waals surface area contributed by atoms with E-state index >= 15 is 0 Å². The van der Waals surface area contributed by atoms with Crippen molar-refractivity contribution in [3.05, 3.63) is 42.5 Å². The molecule has 5 heteroatoms. The van der Waals surface area contributed by atoms with E-state index in [0.29, 0.717) is 0 Å². The zero-order valence-corrected chi connectivity index (χ0v) is 17.8. The van der Waals surface area contributed by atoms with Crippen LogP contribution in [0, 0.1) is 0 Å². The molecule has 0 fully saturated rings. The molecule has 0 saturated heterocycles. The number of fused-ring (bicyclic) bond motifs is 1. The largest absolute Gasteiger partial charge is 0.297 e. The molecular formula is C22H32LiO3S. The Labute approximate surface area is 177 Å². The van der Waals surface area contributed by atoms with Crippen molar-refractivity contribution in [3.8, 4) is 0 Å². The van der Waals surface area contributed by atoms with Gasteiger partial charge in [-0.05, 0) is 17.9 Å². The number of unbranched alkanes of at least 4 members (excludes halogenated alkanes) is 9. The quantitative estimate of drug-likeness (QED) is 0.239. The predicted molar refractivity (Wildman–Crippen MR) is 115 cm³/mol. The van der Waals surface area contributed by atoms with Gasteiger partial charge in [-0.2, -0.15) is 8.42 Å². The first-order valence-corrected chi connectivity index (χ1v) is 11.4. The van der Waals surface area contributed by atoms with Crippen LogP contribution in [-0.4, -0.2) is 33.9 Å². The summed E-state index contributed by atoms with van der Waals surface area (Å²) in [4.78, 5) is 0.266. The smallest absolute Gasteiger partial charge is 0.266 e. The molecule has 0 heterocycles. The summed E-state index contributed by atoms with van der Waals surface area (Å²) in [6.45, 7) is 2.50. The van der Waals surface area contributed by atoms with E-state index < -0.39 is 10.1 Å². The topological polar surface area (TPSA) is 43.4 Å². The standard InChI is InChI=1S/C22H32O3S.Li/c1-2-3-4-5-6-7-8-9-10-13-19-25-26(23,24)22-18-14-16-20-15-11-12-17-21(20)22;/h11-12,14-18H,2-10,13,19H2,1H3;. The van der Waals surface area contributed by atoms with Crippen molar-refractivity contribution in [3.63, 3.8) is 0 Å². The van der Waals surface area contributed by atoms with Crippen LogP contribution in [0.5, 0.6) is 0 Å². The normalized spacial score (nSPS) is 11.4. The van der Waals surface area contributed by atoms with Crippen molar-refractivity contribution in [1.82, 2.24) is 0 Å². The summed E-state index contributed by atoms with van der Waals surface area (Å²) >= 11 is 0. The molecule has 27 heavy (non-hydrogen) atoms. The average Bonchev–Trinajstić information content (AvgIpc) is 2.65. The predicted octanol–water partition coefficient (Wildman–Crippen LogP) is 6.09. The van der Waals surface area contributed by atoms with E-state index in [1.807, 2.05) is 30.3 Å². The van der Waals surface area contributed by atoms with Gasteiger partial charge in [0.05, 0.1) is 6.61 Å². The molecule has 0 unspecified atom stereocenters. The van der Waals surface area contributed by atoms with E-state index in [1.54, 1.807) is 12.1 Å². The van der Waals surface area contributed by atoms with Gasteiger partial charge in [-0.15, -0.1) is 0 Å². The minimum Gasteiger partial charge on any atom is -0.266 e. The maximum atomic E-state index is 12.5. The van der Waals surface area contributed by atoms with E-state index in [2.05, 4.69) is 6.92 Å². The molecule has 0 saturated carbocycles. The van der Waals surface area contributed by atoms with Crippen LogP contribution in [0.3, 0.4) is 0 Å². The van der Waals surface area contributed by atoms with Crippen molar-refractivity contribution in [2.24, 2.45) is 0 Å². The second kappa shape index (κ2) is 13.4. The molecule has 0 N–H and O–H groups in total. The Morgan fingerprint density at radius 3 is 1.96 bits per heavy atom. The van der Waals surface area contributed by atoms with Crippen LogP contribution in [-0.2, 0) is 14.3 Å². The summed E-state index contributed by atoms with van der Waals surface area (Å²) in [6.07, 6.45) is 12.2. The fourth-order valence-corrected chi connectivity index (χ4v) is 4.40. The minimum atomic E-state index is -3.70. The SMILES string of the molecule is CCCCCCCCCCCCOS(=O)(=O)c1cccc2ccccc12.[Li]. The number of benzene rings is 2. The molecule has 145 valence electrons. The summed E-state index contributed by atoms with van der Waals surface area (Å²) in [5, 5.41) is 1.63. The molecule has 0 spiro atoms. The first-order valence-electron chi connectivity index (χ1n) is 10.0. The van der Waals surface area contributed by atoms with Gasteiger partial charge in [-0.25, -0.2) is 0 Å². The number of rotatable bonds is 13. The third-order valence-electron chi connectivity index (χ3n) is 4.76. The van der Waals surface area contributed by atoms with Crippen LogP contribution in [0.25, 0.3) is 10.8 Å². The molecule has 0 aromatic heterocycles. The zero-order chi connectivity index (χ0) is 18.7. The molecule has 0 bridgehead atoms. The van der Waals surface area contributed by atoms with Crippen molar-refractivity contribution in [2.45, 2.75) is 76.0 Å². The van der Waals surface area contributed by atoms with Gasteiger partial charge in [-0.1, -0.05) is 101 Å². The van der Waals surface area contributed by atoms with Crippen molar-refractivity contribution >= 4 is 39.8 Å². The van der Waals surface area contributed by atoms with Gasteiger partial charge in [0.15, 0.2) is 0 Å². The van der Waals surface area contributed by atoms with Crippen LogP contribution >= 0.6 is 0 Å². The Hall–Kier alpha value is -0.793. The van der Waals surface area contributed by atoms with Gasteiger partial charge in [-0.3, -0.25) is 4.18 Å². The summed E-state index contributed by atoms with van der Waals surface area (Å²) in [6, 6.07) is 12.8. The monoisotopic (exact) mass is 383 g/mol. The molecule has 2 aromatic rings.